The Morgan fingerprint density at radius 1 is 1.33 bits per heavy atom. The molecule has 3 aromatic rings. The van der Waals surface area contributed by atoms with Crippen molar-refractivity contribution in [1.29, 1.82) is 0 Å². The molecule has 4 rings (SSSR count). The number of likely N-dealkylation sites (N-methyl/N-ethyl adjacent to an activating group) is 1. The van der Waals surface area contributed by atoms with Gasteiger partial charge in [0.25, 0.3) is 0 Å². The van der Waals surface area contributed by atoms with Crippen LogP contribution >= 0.6 is 11.3 Å². The maximum absolute atomic E-state index is 4.36. The fourth-order valence-electron chi connectivity index (χ4n) is 3.05. The lowest BCUT2D eigenvalue weighted by Gasteiger charge is -2.29. The van der Waals surface area contributed by atoms with E-state index in [0.29, 0.717) is 0 Å². The number of pyridine rings is 1. The van der Waals surface area contributed by atoms with Gasteiger partial charge in [0.2, 0.25) is 0 Å². The summed E-state index contributed by atoms with van der Waals surface area (Å²) < 4.78 is 0. The number of aromatic nitrogens is 2. The van der Waals surface area contributed by atoms with Crippen LogP contribution in [-0.4, -0.2) is 28.1 Å². The van der Waals surface area contributed by atoms with Gasteiger partial charge in [0, 0.05) is 48.9 Å². The lowest BCUT2D eigenvalue weighted by atomic mass is 10.0. The van der Waals surface area contributed by atoms with Crippen molar-refractivity contribution in [2.75, 3.05) is 7.05 Å². The Bertz CT molecular complexity index is 876. The maximum Gasteiger partial charge on any atom is 0.137 e. The molecule has 122 valence electrons. The van der Waals surface area contributed by atoms with Gasteiger partial charge in [-0.05, 0) is 40.8 Å². The summed E-state index contributed by atoms with van der Waals surface area (Å²) in [6, 6.07) is 8.37. The summed E-state index contributed by atoms with van der Waals surface area (Å²) in [6.45, 7) is 0.897. The van der Waals surface area contributed by atoms with Gasteiger partial charge in [-0.15, -0.1) is 11.3 Å². The second kappa shape index (κ2) is 6.63. The molecule has 5 heteroatoms. The van der Waals surface area contributed by atoms with Gasteiger partial charge in [-0.1, -0.05) is 12.1 Å². The average molecular weight is 336 g/mol. The average Bonchev–Trinajstić information content (AvgIpc) is 3.25. The number of allylic oxidation sites excluding steroid dienone is 2. The SMILES string of the molecule is CN1C=C(Cc2c[nH]c3ncccc23)C=CC1NCc1cccs1. The van der Waals surface area contributed by atoms with Crippen molar-refractivity contribution in [2.45, 2.75) is 19.1 Å². The number of rotatable bonds is 5. The van der Waals surface area contributed by atoms with Crippen LogP contribution in [0.4, 0.5) is 0 Å². The zero-order valence-electron chi connectivity index (χ0n) is 13.6. The molecular weight excluding hydrogens is 316 g/mol. The van der Waals surface area contributed by atoms with Crippen LogP contribution in [0, 0.1) is 0 Å². The Morgan fingerprint density at radius 2 is 2.29 bits per heavy atom. The quantitative estimate of drug-likeness (QED) is 0.747. The summed E-state index contributed by atoms with van der Waals surface area (Å²) in [5, 5.41) is 6.89. The molecule has 0 spiro atoms. The zero-order valence-corrected chi connectivity index (χ0v) is 14.4. The van der Waals surface area contributed by atoms with E-state index in [1.807, 2.05) is 12.3 Å². The molecule has 3 aromatic heterocycles. The van der Waals surface area contributed by atoms with E-state index >= 15 is 0 Å². The fourth-order valence-corrected chi connectivity index (χ4v) is 3.70. The third-order valence-electron chi connectivity index (χ3n) is 4.30. The summed E-state index contributed by atoms with van der Waals surface area (Å²) in [7, 11) is 2.12. The van der Waals surface area contributed by atoms with Gasteiger partial charge in [0.15, 0.2) is 0 Å². The summed E-state index contributed by atoms with van der Waals surface area (Å²) >= 11 is 1.79. The van der Waals surface area contributed by atoms with Crippen molar-refractivity contribution in [3.63, 3.8) is 0 Å². The van der Waals surface area contributed by atoms with Gasteiger partial charge in [0.05, 0.1) is 6.17 Å². The highest BCUT2D eigenvalue weighted by atomic mass is 32.1. The molecule has 4 nitrogen and oxygen atoms in total. The lowest BCUT2D eigenvalue weighted by Crippen LogP contribution is -2.40. The van der Waals surface area contributed by atoms with Crippen LogP contribution in [0.2, 0.25) is 0 Å². The van der Waals surface area contributed by atoms with E-state index in [-0.39, 0.29) is 6.17 Å². The molecule has 1 aliphatic heterocycles. The highest BCUT2D eigenvalue weighted by Gasteiger charge is 2.14. The van der Waals surface area contributed by atoms with Crippen molar-refractivity contribution >= 4 is 22.4 Å². The van der Waals surface area contributed by atoms with Crippen molar-refractivity contribution in [3.05, 3.63) is 76.4 Å². The molecule has 0 radical (unpaired) electrons. The number of thiophene rings is 1. The molecule has 0 amide bonds. The van der Waals surface area contributed by atoms with Crippen LogP contribution in [0.15, 0.2) is 66.0 Å². The zero-order chi connectivity index (χ0) is 16.4. The number of fused-ring (bicyclic) bond motifs is 1. The van der Waals surface area contributed by atoms with E-state index in [2.05, 4.69) is 75.4 Å². The molecule has 4 heterocycles. The van der Waals surface area contributed by atoms with Gasteiger partial charge >= 0.3 is 0 Å². The first-order valence-electron chi connectivity index (χ1n) is 8.07. The van der Waals surface area contributed by atoms with E-state index in [1.165, 1.54) is 21.4 Å². The van der Waals surface area contributed by atoms with Crippen LogP contribution in [0.1, 0.15) is 10.4 Å². The van der Waals surface area contributed by atoms with Crippen LogP contribution < -0.4 is 5.32 Å². The first-order chi connectivity index (χ1) is 11.8. The first-order valence-corrected chi connectivity index (χ1v) is 8.95. The Hall–Kier alpha value is -2.37. The molecule has 2 N–H and O–H groups in total. The van der Waals surface area contributed by atoms with Crippen molar-refractivity contribution < 1.29 is 0 Å². The molecule has 1 aliphatic rings. The van der Waals surface area contributed by atoms with Crippen molar-refractivity contribution in [3.8, 4) is 0 Å². The predicted octanol–water partition coefficient (Wildman–Crippen LogP) is 3.67. The predicted molar refractivity (Wildman–Crippen MR) is 99.7 cm³/mol. The molecular formula is C19H20N4S. The fraction of sp³-hybridized carbons (Fsp3) is 0.211. The molecule has 0 aliphatic carbocycles. The largest absolute Gasteiger partial charge is 0.361 e. The van der Waals surface area contributed by atoms with Gasteiger partial charge in [0.1, 0.15) is 5.65 Å². The summed E-state index contributed by atoms with van der Waals surface area (Å²) in [6.07, 6.45) is 11.7. The second-order valence-electron chi connectivity index (χ2n) is 6.02. The van der Waals surface area contributed by atoms with Crippen LogP contribution in [0.3, 0.4) is 0 Å². The highest BCUT2D eigenvalue weighted by Crippen LogP contribution is 2.22. The standard InChI is InChI=1S/C19H20N4S/c1-23-13-14(6-7-18(23)21-12-16-4-3-9-24-16)10-15-11-22-19-17(15)5-2-8-20-19/h2-9,11,13,18,21H,10,12H2,1H3,(H,20,22). The van der Waals surface area contributed by atoms with Crippen molar-refractivity contribution in [1.82, 2.24) is 20.2 Å². The summed E-state index contributed by atoms with van der Waals surface area (Å²) in [4.78, 5) is 11.2. The number of hydrogen-bond acceptors (Lipinski definition) is 4. The van der Waals surface area contributed by atoms with E-state index in [0.717, 1.165) is 18.6 Å². The Labute approximate surface area is 145 Å². The minimum Gasteiger partial charge on any atom is -0.361 e. The molecule has 24 heavy (non-hydrogen) atoms. The topological polar surface area (TPSA) is 44.0 Å². The number of hydrogen-bond donors (Lipinski definition) is 2. The van der Waals surface area contributed by atoms with Gasteiger partial charge in [-0.25, -0.2) is 4.98 Å². The minimum atomic E-state index is 0.237. The minimum absolute atomic E-state index is 0.237. The van der Waals surface area contributed by atoms with Gasteiger partial charge in [-0.3, -0.25) is 5.32 Å². The second-order valence-corrected chi connectivity index (χ2v) is 7.06. The monoisotopic (exact) mass is 336 g/mol. The molecule has 0 fully saturated rings. The van der Waals surface area contributed by atoms with Crippen LogP contribution in [0.5, 0.6) is 0 Å². The van der Waals surface area contributed by atoms with E-state index in [4.69, 9.17) is 0 Å². The molecule has 0 saturated heterocycles. The van der Waals surface area contributed by atoms with E-state index < -0.39 is 0 Å². The van der Waals surface area contributed by atoms with Crippen LogP contribution in [-0.2, 0) is 13.0 Å². The number of aromatic amines is 1. The van der Waals surface area contributed by atoms with Crippen molar-refractivity contribution in [2.24, 2.45) is 0 Å². The number of nitrogens with zero attached hydrogens (tertiary/aromatic N) is 2. The third kappa shape index (κ3) is 3.13. The highest BCUT2D eigenvalue weighted by molar-refractivity contribution is 7.09. The maximum atomic E-state index is 4.36. The van der Waals surface area contributed by atoms with E-state index in [1.54, 1.807) is 11.3 Å². The number of H-pyrrole nitrogens is 1. The Kier molecular flexibility index (Phi) is 4.19. The van der Waals surface area contributed by atoms with E-state index in [9.17, 15) is 0 Å². The smallest absolute Gasteiger partial charge is 0.137 e. The molecule has 1 unspecified atom stereocenters. The normalized spacial score (nSPS) is 17.5. The number of nitrogens with one attached hydrogen (secondary N) is 2. The summed E-state index contributed by atoms with van der Waals surface area (Å²) in [5.41, 5.74) is 3.54. The first kappa shape index (κ1) is 15.2. The lowest BCUT2D eigenvalue weighted by molar-refractivity contribution is 0.320. The third-order valence-corrected chi connectivity index (χ3v) is 5.17. The summed E-state index contributed by atoms with van der Waals surface area (Å²) in [5.74, 6) is 0. The van der Waals surface area contributed by atoms with Gasteiger partial charge in [-0.2, -0.15) is 0 Å². The molecule has 0 aromatic carbocycles. The molecule has 1 atom stereocenters. The Morgan fingerprint density at radius 3 is 3.12 bits per heavy atom. The molecule has 0 saturated carbocycles. The van der Waals surface area contributed by atoms with Crippen LogP contribution in [0.25, 0.3) is 11.0 Å². The Balaban J connectivity index is 1.42. The molecule has 0 bridgehead atoms. The van der Waals surface area contributed by atoms with Gasteiger partial charge < -0.3 is 9.88 Å².